The zero-order valence-electron chi connectivity index (χ0n) is 7.27. The van der Waals surface area contributed by atoms with Crippen molar-refractivity contribution < 1.29 is 9.53 Å². The van der Waals surface area contributed by atoms with Gasteiger partial charge in [0.2, 0.25) is 5.88 Å². The number of rotatable bonds is 4. The van der Waals surface area contributed by atoms with Crippen LogP contribution in [0.25, 0.3) is 0 Å². The van der Waals surface area contributed by atoms with E-state index in [-0.39, 0.29) is 5.41 Å². The van der Waals surface area contributed by atoms with Gasteiger partial charge in [0, 0.05) is 12.3 Å². The van der Waals surface area contributed by atoms with Crippen molar-refractivity contribution in [3.05, 3.63) is 24.4 Å². The molecule has 0 saturated heterocycles. The maximum Gasteiger partial charge on any atom is 0.213 e. The lowest BCUT2D eigenvalue weighted by molar-refractivity contribution is -0.113. The number of ether oxygens (including phenoxy) is 1. The fourth-order valence-corrected chi connectivity index (χ4v) is 1.11. The summed E-state index contributed by atoms with van der Waals surface area (Å²) in [6.07, 6.45) is 4.57. The van der Waals surface area contributed by atoms with E-state index in [9.17, 15) is 4.79 Å². The molecule has 13 heavy (non-hydrogen) atoms. The number of carbonyl (C=O) groups excluding carboxylic acids is 1. The summed E-state index contributed by atoms with van der Waals surface area (Å²) in [4.78, 5) is 14.6. The van der Waals surface area contributed by atoms with E-state index in [0.29, 0.717) is 12.5 Å². The van der Waals surface area contributed by atoms with Gasteiger partial charge in [-0.15, -0.1) is 0 Å². The Morgan fingerprint density at radius 2 is 2.38 bits per heavy atom. The molecular formula is C10H11NO2. The summed E-state index contributed by atoms with van der Waals surface area (Å²) in [6.45, 7) is 0.466. The van der Waals surface area contributed by atoms with Crippen LogP contribution in [0, 0.1) is 5.41 Å². The quantitative estimate of drug-likeness (QED) is 0.653. The fraction of sp³-hybridized carbons (Fsp3) is 0.400. The molecule has 1 aliphatic rings. The molecule has 0 atom stereocenters. The Hall–Kier alpha value is -1.38. The Labute approximate surface area is 76.7 Å². The van der Waals surface area contributed by atoms with Gasteiger partial charge in [-0.1, -0.05) is 6.07 Å². The van der Waals surface area contributed by atoms with Crippen LogP contribution in [0.5, 0.6) is 5.88 Å². The van der Waals surface area contributed by atoms with Crippen LogP contribution in [0.3, 0.4) is 0 Å². The Bertz CT molecular complexity index is 293. The first-order valence-corrected chi connectivity index (χ1v) is 4.35. The average molecular weight is 177 g/mol. The van der Waals surface area contributed by atoms with Gasteiger partial charge in [-0.3, -0.25) is 0 Å². The van der Waals surface area contributed by atoms with Crippen LogP contribution in [-0.4, -0.2) is 17.9 Å². The standard InChI is InChI=1S/C10H11NO2/c12-7-10(4-5-10)8-13-9-3-1-2-6-11-9/h1-3,6-7H,4-5,8H2. The molecule has 0 amide bonds. The molecule has 0 radical (unpaired) electrons. The molecule has 1 aliphatic carbocycles. The number of carbonyl (C=O) groups is 1. The Kier molecular flexibility index (Phi) is 2.00. The lowest BCUT2D eigenvalue weighted by Crippen LogP contribution is -2.14. The van der Waals surface area contributed by atoms with Crippen molar-refractivity contribution in [1.82, 2.24) is 4.98 Å². The molecule has 1 heterocycles. The molecule has 68 valence electrons. The Morgan fingerprint density at radius 1 is 1.54 bits per heavy atom. The molecule has 1 aromatic rings. The maximum atomic E-state index is 10.6. The number of aromatic nitrogens is 1. The second-order valence-corrected chi connectivity index (χ2v) is 3.44. The van der Waals surface area contributed by atoms with E-state index in [1.807, 2.05) is 12.1 Å². The molecule has 1 aromatic heterocycles. The van der Waals surface area contributed by atoms with Crippen LogP contribution in [0.2, 0.25) is 0 Å². The molecule has 0 bridgehead atoms. The summed E-state index contributed by atoms with van der Waals surface area (Å²) >= 11 is 0. The van der Waals surface area contributed by atoms with Crippen molar-refractivity contribution in [3.63, 3.8) is 0 Å². The van der Waals surface area contributed by atoms with E-state index in [4.69, 9.17) is 4.74 Å². The molecule has 1 fully saturated rings. The zero-order chi connectivity index (χ0) is 9.15. The van der Waals surface area contributed by atoms with E-state index >= 15 is 0 Å². The third kappa shape index (κ3) is 1.86. The van der Waals surface area contributed by atoms with Gasteiger partial charge in [0.1, 0.15) is 12.9 Å². The van der Waals surface area contributed by atoms with Gasteiger partial charge in [0.15, 0.2) is 0 Å². The summed E-state index contributed by atoms with van der Waals surface area (Å²) in [5.41, 5.74) is -0.197. The molecule has 1 saturated carbocycles. The van der Waals surface area contributed by atoms with Crippen LogP contribution >= 0.6 is 0 Å². The Balaban J connectivity index is 1.90. The lowest BCUT2D eigenvalue weighted by Gasteiger charge is -2.08. The van der Waals surface area contributed by atoms with E-state index in [1.165, 1.54) is 0 Å². The van der Waals surface area contributed by atoms with Crippen molar-refractivity contribution in [3.8, 4) is 5.88 Å². The van der Waals surface area contributed by atoms with Crippen molar-refractivity contribution in [1.29, 1.82) is 0 Å². The first-order valence-electron chi connectivity index (χ1n) is 4.35. The number of nitrogens with zero attached hydrogens (tertiary/aromatic N) is 1. The largest absolute Gasteiger partial charge is 0.477 e. The van der Waals surface area contributed by atoms with Gasteiger partial charge in [0.25, 0.3) is 0 Å². The maximum absolute atomic E-state index is 10.6. The molecule has 3 nitrogen and oxygen atoms in total. The number of aldehydes is 1. The average Bonchev–Trinajstić information content (AvgIpc) is 2.97. The highest BCUT2D eigenvalue weighted by atomic mass is 16.5. The summed E-state index contributed by atoms with van der Waals surface area (Å²) in [7, 11) is 0. The van der Waals surface area contributed by atoms with Gasteiger partial charge >= 0.3 is 0 Å². The minimum atomic E-state index is -0.197. The second kappa shape index (κ2) is 3.17. The van der Waals surface area contributed by atoms with Crippen LogP contribution in [-0.2, 0) is 4.79 Å². The van der Waals surface area contributed by atoms with Crippen molar-refractivity contribution >= 4 is 6.29 Å². The van der Waals surface area contributed by atoms with E-state index < -0.39 is 0 Å². The van der Waals surface area contributed by atoms with Crippen molar-refractivity contribution in [2.75, 3.05) is 6.61 Å². The molecule has 0 N–H and O–H groups in total. The lowest BCUT2D eigenvalue weighted by atomic mass is 10.1. The minimum absolute atomic E-state index is 0.197. The van der Waals surface area contributed by atoms with Crippen LogP contribution in [0.15, 0.2) is 24.4 Å². The van der Waals surface area contributed by atoms with E-state index in [0.717, 1.165) is 19.1 Å². The molecule has 0 unspecified atom stereocenters. The first-order chi connectivity index (χ1) is 6.35. The predicted molar refractivity (Wildman–Crippen MR) is 47.5 cm³/mol. The van der Waals surface area contributed by atoms with Crippen molar-refractivity contribution in [2.24, 2.45) is 5.41 Å². The van der Waals surface area contributed by atoms with E-state index in [2.05, 4.69) is 4.98 Å². The summed E-state index contributed by atoms with van der Waals surface area (Å²) in [6, 6.07) is 5.49. The number of hydrogen-bond acceptors (Lipinski definition) is 3. The Morgan fingerprint density at radius 3 is 2.92 bits per heavy atom. The third-order valence-corrected chi connectivity index (χ3v) is 2.29. The summed E-state index contributed by atoms with van der Waals surface area (Å²) < 4.78 is 5.38. The number of pyridine rings is 1. The van der Waals surface area contributed by atoms with Crippen molar-refractivity contribution in [2.45, 2.75) is 12.8 Å². The van der Waals surface area contributed by atoms with Crippen LogP contribution in [0.1, 0.15) is 12.8 Å². The van der Waals surface area contributed by atoms with Gasteiger partial charge in [0.05, 0.1) is 5.41 Å². The minimum Gasteiger partial charge on any atom is -0.477 e. The molecule has 0 aliphatic heterocycles. The van der Waals surface area contributed by atoms with Gasteiger partial charge < -0.3 is 9.53 Å². The predicted octanol–water partition coefficient (Wildman–Crippen LogP) is 1.44. The highest BCUT2D eigenvalue weighted by Gasteiger charge is 2.43. The molecule has 0 aromatic carbocycles. The van der Waals surface area contributed by atoms with E-state index in [1.54, 1.807) is 12.3 Å². The first kappa shape index (κ1) is 8.23. The topological polar surface area (TPSA) is 39.2 Å². The molecular weight excluding hydrogens is 166 g/mol. The van der Waals surface area contributed by atoms with Gasteiger partial charge in [-0.05, 0) is 18.9 Å². The van der Waals surface area contributed by atoms with Gasteiger partial charge in [-0.2, -0.15) is 0 Å². The molecule has 2 rings (SSSR count). The highest BCUT2D eigenvalue weighted by Crippen LogP contribution is 2.43. The molecule has 3 heteroatoms. The summed E-state index contributed by atoms with van der Waals surface area (Å²) in [5, 5.41) is 0. The SMILES string of the molecule is O=CC1(COc2ccccn2)CC1. The summed E-state index contributed by atoms with van der Waals surface area (Å²) in [5.74, 6) is 0.593. The third-order valence-electron chi connectivity index (χ3n) is 2.29. The van der Waals surface area contributed by atoms with Gasteiger partial charge in [-0.25, -0.2) is 4.98 Å². The zero-order valence-corrected chi connectivity index (χ0v) is 7.27. The normalized spacial score (nSPS) is 17.8. The van der Waals surface area contributed by atoms with Crippen LogP contribution < -0.4 is 4.74 Å². The smallest absolute Gasteiger partial charge is 0.213 e. The fourth-order valence-electron chi connectivity index (χ4n) is 1.11. The second-order valence-electron chi connectivity index (χ2n) is 3.44. The highest BCUT2D eigenvalue weighted by molar-refractivity contribution is 5.63. The monoisotopic (exact) mass is 177 g/mol. The molecule has 0 spiro atoms. The number of hydrogen-bond donors (Lipinski definition) is 0. The van der Waals surface area contributed by atoms with Crippen LogP contribution in [0.4, 0.5) is 0 Å².